The summed E-state index contributed by atoms with van der Waals surface area (Å²) in [5.74, 6) is 0.506. The van der Waals surface area contributed by atoms with Crippen molar-refractivity contribution in [3.63, 3.8) is 0 Å². The lowest BCUT2D eigenvalue weighted by atomic mass is 10.0. The van der Waals surface area contributed by atoms with Gasteiger partial charge in [-0.25, -0.2) is 9.97 Å². The topological polar surface area (TPSA) is 82.3 Å². The van der Waals surface area contributed by atoms with Crippen molar-refractivity contribution in [1.82, 2.24) is 19.5 Å². The van der Waals surface area contributed by atoms with Gasteiger partial charge in [0.2, 0.25) is 11.5 Å². The third kappa shape index (κ3) is 3.16. The number of halogens is 3. The van der Waals surface area contributed by atoms with Crippen molar-refractivity contribution in [3.05, 3.63) is 29.0 Å². The first kappa shape index (κ1) is 18.9. The molecule has 0 aliphatic carbocycles. The predicted octanol–water partition coefficient (Wildman–Crippen LogP) is 2.87. The number of nitrogens with zero attached hydrogens (tertiary/aromatic N) is 4. The molecule has 3 aromatic rings. The van der Waals surface area contributed by atoms with Crippen LogP contribution in [0.3, 0.4) is 0 Å². The van der Waals surface area contributed by atoms with Crippen LogP contribution in [0.4, 0.5) is 13.2 Å². The molecule has 2 aromatic heterocycles. The van der Waals surface area contributed by atoms with Gasteiger partial charge in [-0.3, -0.25) is 0 Å². The van der Waals surface area contributed by atoms with Gasteiger partial charge in [0.05, 0.1) is 32.0 Å². The second-order valence-electron chi connectivity index (χ2n) is 5.85. The Hall–Kier alpha value is -2.88. The molecule has 0 fully saturated rings. The number of aliphatic hydroxyl groups is 1. The normalized spacial score (nSPS) is 11.9. The third-order valence-electron chi connectivity index (χ3n) is 4.16. The molecule has 0 bridgehead atoms. The monoisotopic (exact) mass is 382 g/mol. The molecule has 0 saturated heterocycles. The second-order valence-corrected chi connectivity index (χ2v) is 5.85. The molecule has 0 amide bonds. The first-order valence-electron chi connectivity index (χ1n) is 7.85. The zero-order chi connectivity index (χ0) is 19.9. The SMILES string of the molecule is COc1cc(C(F)(F)F)cc(C)c1-c1nc2nc(OC)c(CO)nc2n1C. The Morgan fingerprint density at radius 3 is 2.37 bits per heavy atom. The van der Waals surface area contributed by atoms with Gasteiger partial charge in [0.15, 0.2) is 5.65 Å². The van der Waals surface area contributed by atoms with E-state index in [1.165, 1.54) is 14.2 Å². The van der Waals surface area contributed by atoms with Crippen LogP contribution in [-0.4, -0.2) is 38.8 Å². The molecule has 144 valence electrons. The molecule has 0 unspecified atom stereocenters. The maximum atomic E-state index is 13.1. The van der Waals surface area contributed by atoms with E-state index < -0.39 is 11.7 Å². The first-order chi connectivity index (χ1) is 12.7. The highest BCUT2D eigenvalue weighted by atomic mass is 19.4. The molecule has 1 N–H and O–H groups in total. The summed E-state index contributed by atoms with van der Waals surface area (Å²) >= 11 is 0. The Bertz CT molecular complexity index is 1020. The smallest absolute Gasteiger partial charge is 0.416 e. The molecule has 7 nitrogen and oxygen atoms in total. The number of alkyl halides is 3. The Morgan fingerprint density at radius 1 is 1.11 bits per heavy atom. The molecule has 0 saturated carbocycles. The van der Waals surface area contributed by atoms with Crippen molar-refractivity contribution >= 4 is 11.3 Å². The van der Waals surface area contributed by atoms with Crippen molar-refractivity contribution < 1.29 is 27.8 Å². The van der Waals surface area contributed by atoms with E-state index >= 15 is 0 Å². The number of hydrogen-bond acceptors (Lipinski definition) is 6. The summed E-state index contributed by atoms with van der Waals surface area (Å²) < 4.78 is 51.2. The van der Waals surface area contributed by atoms with Crippen LogP contribution in [0.5, 0.6) is 11.6 Å². The van der Waals surface area contributed by atoms with Gasteiger partial charge in [-0.15, -0.1) is 0 Å². The zero-order valence-electron chi connectivity index (χ0n) is 15.0. The van der Waals surface area contributed by atoms with Crippen LogP contribution in [0.2, 0.25) is 0 Å². The van der Waals surface area contributed by atoms with Crippen molar-refractivity contribution in [2.24, 2.45) is 7.05 Å². The highest BCUT2D eigenvalue weighted by molar-refractivity contribution is 5.78. The number of aryl methyl sites for hydroxylation is 2. The van der Waals surface area contributed by atoms with E-state index in [0.717, 1.165) is 12.1 Å². The maximum Gasteiger partial charge on any atom is 0.416 e. The average Bonchev–Trinajstić information content (AvgIpc) is 2.94. The molecular formula is C17H17F3N4O3. The Labute approximate surface area is 152 Å². The summed E-state index contributed by atoms with van der Waals surface area (Å²) in [6.45, 7) is 1.17. The number of hydrogen-bond donors (Lipinski definition) is 1. The standard InChI is InChI=1S/C17H17F3N4O3/c1-8-5-9(17(18,19)20)6-11(26-3)12(8)14-22-13-15(24(14)2)21-10(7-25)16(23-13)27-4/h5-6,25H,7H2,1-4H3. The van der Waals surface area contributed by atoms with E-state index in [1.807, 2.05) is 0 Å². The van der Waals surface area contributed by atoms with Gasteiger partial charge in [0.1, 0.15) is 17.3 Å². The third-order valence-corrected chi connectivity index (χ3v) is 4.16. The number of aliphatic hydroxyl groups excluding tert-OH is 1. The average molecular weight is 382 g/mol. The fourth-order valence-corrected chi connectivity index (χ4v) is 2.87. The van der Waals surface area contributed by atoms with Gasteiger partial charge in [-0.2, -0.15) is 18.2 Å². The number of methoxy groups -OCH3 is 2. The molecule has 0 spiro atoms. The van der Waals surface area contributed by atoms with E-state index in [4.69, 9.17) is 9.47 Å². The molecule has 0 aliphatic rings. The number of aromatic nitrogens is 4. The zero-order valence-corrected chi connectivity index (χ0v) is 15.0. The molecule has 3 rings (SSSR count). The van der Waals surface area contributed by atoms with Crippen LogP contribution >= 0.6 is 0 Å². The molecule has 1 aromatic carbocycles. The summed E-state index contributed by atoms with van der Waals surface area (Å²) in [6.07, 6.45) is -4.49. The van der Waals surface area contributed by atoms with Crippen LogP contribution in [0.15, 0.2) is 12.1 Å². The Kier molecular flexibility index (Phi) is 4.68. The first-order valence-corrected chi connectivity index (χ1v) is 7.85. The predicted molar refractivity (Wildman–Crippen MR) is 90.5 cm³/mol. The van der Waals surface area contributed by atoms with Gasteiger partial charge >= 0.3 is 6.18 Å². The number of benzene rings is 1. The van der Waals surface area contributed by atoms with Gasteiger partial charge in [0.25, 0.3) is 0 Å². The summed E-state index contributed by atoms with van der Waals surface area (Å²) in [5, 5.41) is 9.42. The largest absolute Gasteiger partial charge is 0.496 e. The van der Waals surface area contributed by atoms with Crippen molar-refractivity contribution in [2.75, 3.05) is 14.2 Å². The highest BCUT2D eigenvalue weighted by Crippen LogP contribution is 2.39. The Morgan fingerprint density at radius 2 is 1.81 bits per heavy atom. The summed E-state index contributed by atoms with van der Waals surface area (Å²) in [6, 6.07) is 1.97. The van der Waals surface area contributed by atoms with E-state index in [1.54, 1.807) is 18.5 Å². The summed E-state index contributed by atoms with van der Waals surface area (Å²) in [4.78, 5) is 12.9. The lowest BCUT2D eigenvalue weighted by Crippen LogP contribution is -2.07. The van der Waals surface area contributed by atoms with Gasteiger partial charge in [0, 0.05) is 7.05 Å². The number of rotatable bonds is 4. The molecule has 10 heteroatoms. The maximum absolute atomic E-state index is 13.1. The highest BCUT2D eigenvalue weighted by Gasteiger charge is 2.33. The molecule has 0 radical (unpaired) electrons. The molecule has 27 heavy (non-hydrogen) atoms. The van der Waals surface area contributed by atoms with Gasteiger partial charge < -0.3 is 19.1 Å². The van der Waals surface area contributed by atoms with E-state index in [2.05, 4.69) is 15.0 Å². The van der Waals surface area contributed by atoms with Gasteiger partial charge in [-0.1, -0.05) is 0 Å². The quantitative estimate of drug-likeness (QED) is 0.747. The lowest BCUT2D eigenvalue weighted by Gasteiger charge is -2.15. The van der Waals surface area contributed by atoms with Crippen molar-refractivity contribution in [1.29, 1.82) is 0 Å². The molecule has 0 atom stereocenters. The summed E-state index contributed by atoms with van der Waals surface area (Å²) in [5.41, 5.74) is 0.765. The number of fused-ring (bicyclic) bond motifs is 1. The van der Waals surface area contributed by atoms with Crippen LogP contribution < -0.4 is 9.47 Å². The van der Waals surface area contributed by atoms with Crippen LogP contribution in [-0.2, 0) is 19.8 Å². The van der Waals surface area contributed by atoms with E-state index in [0.29, 0.717) is 22.6 Å². The molecule has 0 aliphatic heterocycles. The van der Waals surface area contributed by atoms with Crippen LogP contribution in [0.1, 0.15) is 16.8 Å². The van der Waals surface area contributed by atoms with Crippen LogP contribution in [0.25, 0.3) is 22.7 Å². The van der Waals surface area contributed by atoms with Crippen molar-refractivity contribution in [3.8, 4) is 23.0 Å². The fourth-order valence-electron chi connectivity index (χ4n) is 2.87. The molecular weight excluding hydrogens is 365 g/mol. The fraction of sp³-hybridized carbons (Fsp3) is 0.353. The van der Waals surface area contributed by atoms with Crippen LogP contribution in [0, 0.1) is 6.92 Å². The minimum absolute atomic E-state index is 0.0371. The Balaban J connectivity index is 2.28. The molecule has 2 heterocycles. The van der Waals surface area contributed by atoms with E-state index in [9.17, 15) is 18.3 Å². The second kappa shape index (κ2) is 6.69. The minimum atomic E-state index is -4.49. The minimum Gasteiger partial charge on any atom is -0.496 e. The number of ether oxygens (including phenoxy) is 2. The van der Waals surface area contributed by atoms with E-state index in [-0.39, 0.29) is 29.6 Å². The lowest BCUT2D eigenvalue weighted by molar-refractivity contribution is -0.137. The number of imidazole rings is 1. The van der Waals surface area contributed by atoms with Crippen molar-refractivity contribution in [2.45, 2.75) is 19.7 Å². The van der Waals surface area contributed by atoms with Gasteiger partial charge in [-0.05, 0) is 24.6 Å². The summed E-state index contributed by atoms with van der Waals surface area (Å²) in [7, 11) is 4.34.